The molecule has 0 bridgehead atoms. The standard InChI is InChI=1S/C14H16N4O2S/c1-9-3-4-11(10(2)7-9)18-6-5-16-14(18)21-8-12(19)17-13(15)20/h3-7H,8H2,1-2H3,(H3,15,17,19,20). The largest absolute Gasteiger partial charge is 0.351 e. The summed E-state index contributed by atoms with van der Waals surface area (Å²) in [5, 5.41) is 2.71. The fourth-order valence-corrected chi connectivity index (χ4v) is 2.73. The average Bonchev–Trinajstić information content (AvgIpc) is 2.83. The molecule has 0 fully saturated rings. The van der Waals surface area contributed by atoms with E-state index in [1.54, 1.807) is 6.20 Å². The Bertz CT molecular complexity index is 681. The Morgan fingerprint density at radius 3 is 2.81 bits per heavy atom. The van der Waals surface area contributed by atoms with Crippen LogP contribution in [-0.4, -0.2) is 27.2 Å². The lowest BCUT2D eigenvalue weighted by Crippen LogP contribution is -2.36. The van der Waals surface area contributed by atoms with Crippen molar-refractivity contribution in [3.05, 3.63) is 41.7 Å². The summed E-state index contributed by atoms with van der Waals surface area (Å²) in [6.07, 6.45) is 3.51. The van der Waals surface area contributed by atoms with Crippen LogP contribution in [0.2, 0.25) is 0 Å². The van der Waals surface area contributed by atoms with Gasteiger partial charge in [0.25, 0.3) is 0 Å². The van der Waals surface area contributed by atoms with Crippen LogP contribution in [0.3, 0.4) is 0 Å². The second kappa shape index (κ2) is 6.45. The van der Waals surface area contributed by atoms with Crippen LogP contribution in [0.25, 0.3) is 5.69 Å². The van der Waals surface area contributed by atoms with Crippen LogP contribution in [0.1, 0.15) is 11.1 Å². The van der Waals surface area contributed by atoms with E-state index in [9.17, 15) is 9.59 Å². The van der Waals surface area contributed by atoms with Gasteiger partial charge in [0.2, 0.25) is 5.91 Å². The summed E-state index contributed by atoms with van der Waals surface area (Å²) in [6.45, 7) is 4.06. The number of nitrogens with zero attached hydrogens (tertiary/aromatic N) is 2. The van der Waals surface area contributed by atoms with Gasteiger partial charge in [0, 0.05) is 12.4 Å². The predicted octanol–water partition coefficient (Wildman–Crippen LogP) is 1.78. The summed E-state index contributed by atoms with van der Waals surface area (Å²) in [5.74, 6) is -0.368. The third kappa shape index (κ3) is 3.85. The number of urea groups is 1. The molecular weight excluding hydrogens is 288 g/mol. The number of nitrogens with one attached hydrogen (secondary N) is 1. The second-order valence-corrected chi connectivity index (χ2v) is 5.51. The topological polar surface area (TPSA) is 90.0 Å². The molecule has 3 amide bonds. The van der Waals surface area contributed by atoms with Crippen molar-refractivity contribution >= 4 is 23.7 Å². The number of aryl methyl sites for hydroxylation is 2. The first-order chi connectivity index (χ1) is 9.97. The van der Waals surface area contributed by atoms with Crippen molar-refractivity contribution in [2.75, 3.05) is 5.75 Å². The molecule has 1 heterocycles. The quantitative estimate of drug-likeness (QED) is 0.842. The van der Waals surface area contributed by atoms with Gasteiger partial charge >= 0.3 is 6.03 Å². The molecule has 1 aromatic carbocycles. The van der Waals surface area contributed by atoms with Crippen LogP contribution in [-0.2, 0) is 4.79 Å². The van der Waals surface area contributed by atoms with Crippen LogP contribution in [0, 0.1) is 13.8 Å². The fraction of sp³-hybridized carbons (Fsp3) is 0.214. The lowest BCUT2D eigenvalue weighted by Gasteiger charge is -2.11. The first-order valence-electron chi connectivity index (χ1n) is 6.30. The number of carbonyl (C=O) groups is 2. The van der Waals surface area contributed by atoms with Crippen LogP contribution in [0.5, 0.6) is 0 Å². The Morgan fingerprint density at radius 2 is 2.14 bits per heavy atom. The lowest BCUT2D eigenvalue weighted by molar-refractivity contribution is -0.117. The molecule has 0 aliphatic heterocycles. The summed E-state index contributed by atoms with van der Waals surface area (Å²) in [5.41, 5.74) is 8.21. The number of carbonyl (C=O) groups excluding carboxylic acids is 2. The molecule has 1 aromatic heterocycles. The number of aromatic nitrogens is 2. The molecule has 21 heavy (non-hydrogen) atoms. The third-order valence-electron chi connectivity index (χ3n) is 2.81. The minimum absolute atomic E-state index is 0.0743. The van der Waals surface area contributed by atoms with Crippen molar-refractivity contribution in [1.82, 2.24) is 14.9 Å². The number of hydrogen-bond donors (Lipinski definition) is 2. The van der Waals surface area contributed by atoms with E-state index < -0.39 is 11.9 Å². The molecule has 6 nitrogen and oxygen atoms in total. The summed E-state index contributed by atoms with van der Waals surface area (Å²) in [7, 11) is 0. The number of imide groups is 1. The highest BCUT2D eigenvalue weighted by atomic mass is 32.2. The van der Waals surface area contributed by atoms with Crippen molar-refractivity contribution in [2.24, 2.45) is 5.73 Å². The third-order valence-corrected chi connectivity index (χ3v) is 3.78. The Labute approximate surface area is 126 Å². The van der Waals surface area contributed by atoms with Crippen LogP contribution in [0.15, 0.2) is 35.7 Å². The SMILES string of the molecule is Cc1ccc(-n2ccnc2SCC(=O)NC(N)=O)c(C)c1. The van der Waals surface area contributed by atoms with Gasteiger partial charge in [0.15, 0.2) is 5.16 Å². The normalized spacial score (nSPS) is 10.4. The van der Waals surface area contributed by atoms with E-state index in [1.807, 2.05) is 42.1 Å². The zero-order chi connectivity index (χ0) is 15.4. The van der Waals surface area contributed by atoms with Gasteiger partial charge < -0.3 is 5.73 Å². The molecule has 0 spiro atoms. The molecule has 2 rings (SSSR count). The Balaban J connectivity index is 2.15. The molecule has 7 heteroatoms. The Kier molecular flexibility index (Phi) is 4.64. The number of benzene rings is 1. The summed E-state index contributed by atoms with van der Waals surface area (Å²) in [6, 6.07) is 5.28. The molecule has 0 saturated carbocycles. The highest BCUT2D eigenvalue weighted by Gasteiger charge is 2.11. The number of imidazole rings is 1. The first-order valence-corrected chi connectivity index (χ1v) is 7.29. The summed E-state index contributed by atoms with van der Waals surface area (Å²) in [4.78, 5) is 26.3. The van der Waals surface area contributed by atoms with Crippen LogP contribution in [0.4, 0.5) is 4.79 Å². The van der Waals surface area contributed by atoms with E-state index in [1.165, 1.54) is 17.3 Å². The summed E-state index contributed by atoms with van der Waals surface area (Å²) < 4.78 is 1.91. The van der Waals surface area contributed by atoms with Gasteiger partial charge in [-0.2, -0.15) is 0 Å². The maximum absolute atomic E-state index is 11.4. The van der Waals surface area contributed by atoms with Crippen LogP contribution >= 0.6 is 11.8 Å². The zero-order valence-corrected chi connectivity index (χ0v) is 12.6. The van der Waals surface area contributed by atoms with Gasteiger partial charge in [0.05, 0.1) is 11.4 Å². The molecule has 0 aliphatic carbocycles. The van der Waals surface area contributed by atoms with E-state index in [0.717, 1.165) is 11.3 Å². The number of rotatable bonds is 4. The molecule has 0 atom stereocenters. The average molecular weight is 304 g/mol. The number of amides is 3. The number of thioether (sulfide) groups is 1. The van der Waals surface area contributed by atoms with Gasteiger partial charge in [-0.1, -0.05) is 29.5 Å². The number of nitrogens with two attached hydrogens (primary N) is 1. The molecule has 0 aliphatic rings. The molecule has 3 N–H and O–H groups in total. The molecule has 110 valence electrons. The van der Waals surface area contributed by atoms with Gasteiger partial charge in [-0.05, 0) is 25.5 Å². The Morgan fingerprint density at radius 1 is 1.38 bits per heavy atom. The number of hydrogen-bond acceptors (Lipinski definition) is 4. The molecule has 0 unspecified atom stereocenters. The monoisotopic (exact) mass is 304 g/mol. The lowest BCUT2D eigenvalue weighted by atomic mass is 10.1. The maximum atomic E-state index is 11.4. The van der Waals surface area contributed by atoms with Crippen molar-refractivity contribution in [3.63, 3.8) is 0 Å². The minimum Gasteiger partial charge on any atom is -0.351 e. The second-order valence-electron chi connectivity index (χ2n) is 4.57. The van der Waals surface area contributed by atoms with Gasteiger partial charge in [0.1, 0.15) is 0 Å². The Hall–Kier alpha value is -2.28. The van der Waals surface area contributed by atoms with Crippen molar-refractivity contribution in [3.8, 4) is 5.69 Å². The van der Waals surface area contributed by atoms with E-state index in [-0.39, 0.29) is 5.75 Å². The highest BCUT2D eigenvalue weighted by molar-refractivity contribution is 7.99. The zero-order valence-electron chi connectivity index (χ0n) is 11.8. The van der Waals surface area contributed by atoms with E-state index in [0.29, 0.717) is 5.16 Å². The van der Waals surface area contributed by atoms with Crippen molar-refractivity contribution in [2.45, 2.75) is 19.0 Å². The first kappa shape index (κ1) is 15.1. The predicted molar refractivity (Wildman–Crippen MR) is 81.5 cm³/mol. The smallest absolute Gasteiger partial charge is 0.318 e. The van der Waals surface area contributed by atoms with Crippen molar-refractivity contribution in [1.29, 1.82) is 0 Å². The van der Waals surface area contributed by atoms with Gasteiger partial charge in [-0.15, -0.1) is 0 Å². The molecular formula is C14H16N4O2S. The minimum atomic E-state index is -0.849. The van der Waals surface area contributed by atoms with Crippen molar-refractivity contribution < 1.29 is 9.59 Å². The van der Waals surface area contributed by atoms with Gasteiger partial charge in [-0.25, -0.2) is 9.78 Å². The molecule has 0 radical (unpaired) electrons. The van der Waals surface area contributed by atoms with E-state index >= 15 is 0 Å². The van der Waals surface area contributed by atoms with E-state index in [2.05, 4.69) is 11.1 Å². The van der Waals surface area contributed by atoms with Crippen LogP contribution < -0.4 is 11.1 Å². The van der Waals surface area contributed by atoms with Gasteiger partial charge in [-0.3, -0.25) is 14.7 Å². The highest BCUT2D eigenvalue weighted by Crippen LogP contribution is 2.23. The maximum Gasteiger partial charge on any atom is 0.318 e. The van der Waals surface area contributed by atoms with E-state index in [4.69, 9.17) is 5.73 Å². The summed E-state index contributed by atoms with van der Waals surface area (Å²) >= 11 is 1.24. The molecule has 0 saturated heterocycles. The number of primary amides is 1. The fourth-order valence-electron chi connectivity index (χ4n) is 1.96. The molecule has 2 aromatic rings.